The van der Waals surface area contributed by atoms with E-state index in [9.17, 15) is 9.90 Å². The Kier molecular flexibility index (Phi) is 6.43. The monoisotopic (exact) mass is 376 g/mol. The lowest BCUT2D eigenvalue weighted by molar-refractivity contribution is 0.386. The van der Waals surface area contributed by atoms with Crippen molar-refractivity contribution in [3.63, 3.8) is 0 Å². The summed E-state index contributed by atoms with van der Waals surface area (Å²) in [6.45, 7) is 0.553. The molecule has 2 aliphatic rings. The van der Waals surface area contributed by atoms with Gasteiger partial charge in [-0.2, -0.15) is 0 Å². The third-order valence-corrected chi connectivity index (χ3v) is 5.75. The molecule has 0 amide bonds. The molecule has 0 bridgehead atoms. The number of hydrogen-bond acceptors (Lipinski definition) is 5. The predicted molar refractivity (Wildman–Crippen MR) is 107 cm³/mol. The fourth-order valence-corrected chi connectivity index (χ4v) is 4.05. The molecular weight excluding hydrogens is 348 g/mol. The average molecular weight is 377 g/mol. The van der Waals surface area contributed by atoms with Crippen LogP contribution in [-0.4, -0.2) is 33.0 Å². The Labute approximate surface area is 158 Å². The zero-order valence-corrected chi connectivity index (χ0v) is 15.9. The smallest absolute Gasteiger partial charge is 0.264 e. The molecule has 1 heterocycles. The van der Waals surface area contributed by atoms with E-state index < -0.39 is 5.56 Å². The Hall–Kier alpha value is -1.73. The molecule has 0 radical (unpaired) electrons. The van der Waals surface area contributed by atoms with Gasteiger partial charge in [0.05, 0.1) is 6.04 Å². The van der Waals surface area contributed by atoms with Crippen LogP contribution in [0, 0.1) is 4.77 Å². The van der Waals surface area contributed by atoms with E-state index in [4.69, 9.17) is 18.0 Å². The second kappa shape index (κ2) is 8.77. The fourth-order valence-electron chi connectivity index (χ4n) is 3.78. The number of aliphatic imine (C=N–C) groups is 1. The Morgan fingerprint density at radius 2 is 2.15 bits per heavy atom. The van der Waals surface area contributed by atoms with Crippen LogP contribution in [0.2, 0.25) is 0 Å². The summed E-state index contributed by atoms with van der Waals surface area (Å²) < 4.78 is 1.84. The molecule has 6 nitrogen and oxygen atoms in total. The van der Waals surface area contributed by atoms with Gasteiger partial charge >= 0.3 is 0 Å². The number of rotatable bonds is 5. The highest BCUT2D eigenvalue weighted by Crippen LogP contribution is 2.23. The zero-order valence-electron chi connectivity index (χ0n) is 15.1. The van der Waals surface area contributed by atoms with Crippen LogP contribution in [0.4, 0.5) is 0 Å². The maximum absolute atomic E-state index is 12.2. The molecule has 7 heteroatoms. The quantitative estimate of drug-likeness (QED) is 0.418. The molecule has 1 fully saturated rings. The fraction of sp³-hybridized carbons (Fsp3) is 0.632. The van der Waals surface area contributed by atoms with Gasteiger partial charge in [0.25, 0.3) is 5.56 Å². The van der Waals surface area contributed by atoms with E-state index >= 15 is 0 Å². The van der Waals surface area contributed by atoms with Crippen LogP contribution in [-0.2, 0) is 6.54 Å². The minimum absolute atomic E-state index is 0.00609. The van der Waals surface area contributed by atoms with Crippen molar-refractivity contribution in [2.24, 2.45) is 10.7 Å². The number of allylic oxidation sites excluding steroid dienone is 2. The van der Waals surface area contributed by atoms with Gasteiger partial charge in [0.15, 0.2) is 4.77 Å². The summed E-state index contributed by atoms with van der Waals surface area (Å²) in [5.41, 5.74) is 7.26. The van der Waals surface area contributed by atoms with Crippen molar-refractivity contribution in [2.75, 3.05) is 0 Å². The molecule has 2 unspecified atom stereocenters. The van der Waals surface area contributed by atoms with Gasteiger partial charge in [0.1, 0.15) is 5.56 Å². The first-order chi connectivity index (χ1) is 12.6. The van der Waals surface area contributed by atoms with E-state index in [1.165, 1.54) is 24.6 Å². The SMILES string of the molecule is NC1CCCCC1N=Cc1c(O)n(CCC2=CCCCC2)c(=S)[nH]c1=O. The minimum atomic E-state index is -0.409. The van der Waals surface area contributed by atoms with Gasteiger partial charge in [-0.15, -0.1) is 0 Å². The van der Waals surface area contributed by atoms with E-state index in [2.05, 4.69) is 16.1 Å². The second-order valence-corrected chi connectivity index (χ2v) is 7.69. The van der Waals surface area contributed by atoms with Gasteiger partial charge in [-0.25, -0.2) is 0 Å². The molecule has 4 N–H and O–H groups in total. The molecular formula is C19H28N4O2S. The number of H-pyrrole nitrogens is 1. The van der Waals surface area contributed by atoms with E-state index in [0.29, 0.717) is 6.54 Å². The number of aromatic hydroxyl groups is 1. The normalized spacial score (nSPS) is 24.0. The van der Waals surface area contributed by atoms with Gasteiger partial charge in [0.2, 0.25) is 5.88 Å². The maximum atomic E-state index is 12.2. The first-order valence-corrected chi connectivity index (χ1v) is 10.00. The van der Waals surface area contributed by atoms with Crippen LogP contribution in [0.15, 0.2) is 21.4 Å². The second-order valence-electron chi connectivity index (χ2n) is 7.30. The highest BCUT2D eigenvalue weighted by Gasteiger charge is 2.21. The number of aromatic amines is 1. The summed E-state index contributed by atoms with van der Waals surface area (Å²) in [6.07, 6.45) is 13.4. The third kappa shape index (κ3) is 4.51. The van der Waals surface area contributed by atoms with Gasteiger partial charge in [-0.05, 0) is 57.2 Å². The lowest BCUT2D eigenvalue weighted by Crippen LogP contribution is -2.36. The summed E-state index contributed by atoms with van der Waals surface area (Å²) in [6, 6.07) is 0.0244. The number of aromatic nitrogens is 2. The lowest BCUT2D eigenvalue weighted by Gasteiger charge is -2.25. The molecule has 0 aliphatic heterocycles. The Bertz CT molecular complexity index is 809. The molecule has 26 heavy (non-hydrogen) atoms. The molecule has 0 aromatic carbocycles. The van der Waals surface area contributed by atoms with Crippen molar-refractivity contribution in [3.05, 3.63) is 32.3 Å². The highest BCUT2D eigenvalue weighted by molar-refractivity contribution is 7.71. The number of nitrogens with zero attached hydrogens (tertiary/aromatic N) is 2. The lowest BCUT2D eigenvalue weighted by atomic mass is 9.91. The van der Waals surface area contributed by atoms with E-state index in [1.54, 1.807) is 4.57 Å². The van der Waals surface area contributed by atoms with Crippen LogP contribution < -0.4 is 11.3 Å². The first-order valence-electron chi connectivity index (χ1n) is 9.59. The Morgan fingerprint density at radius 3 is 2.88 bits per heavy atom. The van der Waals surface area contributed by atoms with Crippen molar-refractivity contribution in [1.82, 2.24) is 9.55 Å². The average Bonchev–Trinajstić information content (AvgIpc) is 2.63. The van der Waals surface area contributed by atoms with Gasteiger partial charge in [-0.1, -0.05) is 24.5 Å². The van der Waals surface area contributed by atoms with Gasteiger partial charge in [0, 0.05) is 18.8 Å². The largest absolute Gasteiger partial charge is 0.494 e. The molecule has 1 saturated carbocycles. The molecule has 3 rings (SSSR count). The highest BCUT2D eigenvalue weighted by atomic mass is 32.1. The van der Waals surface area contributed by atoms with Gasteiger partial charge in [-0.3, -0.25) is 19.3 Å². The summed E-state index contributed by atoms with van der Waals surface area (Å²) in [4.78, 5) is 19.4. The Morgan fingerprint density at radius 1 is 1.35 bits per heavy atom. The number of nitrogens with one attached hydrogen (secondary N) is 1. The van der Waals surface area contributed by atoms with Gasteiger partial charge < -0.3 is 10.8 Å². The third-order valence-electron chi connectivity index (χ3n) is 5.43. The van der Waals surface area contributed by atoms with E-state index in [0.717, 1.165) is 44.9 Å². The van der Waals surface area contributed by atoms with Crippen molar-refractivity contribution >= 4 is 18.4 Å². The van der Waals surface area contributed by atoms with E-state index in [1.807, 2.05) is 0 Å². The van der Waals surface area contributed by atoms with Crippen LogP contribution in [0.25, 0.3) is 0 Å². The summed E-state index contributed by atoms with van der Waals surface area (Å²) in [5, 5.41) is 10.6. The van der Waals surface area contributed by atoms with Crippen molar-refractivity contribution in [2.45, 2.75) is 76.4 Å². The van der Waals surface area contributed by atoms with Crippen LogP contribution in [0.5, 0.6) is 5.88 Å². The molecule has 142 valence electrons. The molecule has 1 aromatic heterocycles. The number of hydrogen-bond donors (Lipinski definition) is 3. The molecule has 2 aliphatic carbocycles. The minimum Gasteiger partial charge on any atom is -0.494 e. The topological polar surface area (TPSA) is 96.4 Å². The molecule has 0 saturated heterocycles. The number of nitrogens with two attached hydrogens (primary N) is 1. The molecule has 2 atom stereocenters. The van der Waals surface area contributed by atoms with E-state index in [-0.39, 0.29) is 28.3 Å². The zero-order chi connectivity index (χ0) is 18.5. The van der Waals surface area contributed by atoms with Crippen LogP contribution in [0.1, 0.15) is 63.4 Å². The first kappa shape index (κ1) is 19.0. The summed E-state index contributed by atoms with van der Waals surface area (Å²) in [5.74, 6) is -0.108. The summed E-state index contributed by atoms with van der Waals surface area (Å²) >= 11 is 5.24. The molecule has 0 spiro atoms. The maximum Gasteiger partial charge on any atom is 0.264 e. The van der Waals surface area contributed by atoms with Crippen molar-refractivity contribution in [1.29, 1.82) is 0 Å². The molecule has 1 aromatic rings. The summed E-state index contributed by atoms with van der Waals surface area (Å²) in [7, 11) is 0. The Balaban J connectivity index is 1.80. The van der Waals surface area contributed by atoms with Crippen molar-refractivity contribution < 1.29 is 5.11 Å². The van der Waals surface area contributed by atoms with Crippen molar-refractivity contribution in [3.8, 4) is 5.88 Å². The van der Waals surface area contributed by atoms with Crippen LogP contribution in [0.3, 0.4) is 0 Å². The standard InChI is InChI=1S/C19H28N4O2S/c20-15-8-4-5-9-16(15)21-12-14-17(24)22-19(26)23(18(14)25)11-10-13-6-2-1-3-7-13/h6,12,15-16,25H,1-5,7-11,20H2,(H,22,24,26). The predicted octanol–water partition coefficient (Wildman–Crippen LogP) is 3.19. The van der Waals surface area contributed by atoms with Crippen LogP contribution >= 0.6 is 12.2 Å².